The van der Waals surface area contributed by atoms with Crippen molar-refractivity contribution >= 4 is 40.2 Å². The van der Waals surface area contributed by atoms with Crippen molar-refractivity contribution in [1.29, 1.82) is 0 Å². The predicted octanol–water partition coefficient (Wildman–Crippen LogP) is 3.48. The minimum Gasteiger partial charge on any atom is -0.346 e. The zero-order chi connectivity index (χ0) is 19.5. The standard InChI is InChI=1S/C16H17ClF3N3O2S/c1-9(2)6-23-14(25)11-5-10(17)3-4-12(11)22-15(23)26-7-13(24)21-8-16(18,19)20/h3-5,9H,6-8H2,1-2H3,(H,21,24). The lowest BCUT2D eigenvalue weighted by Gasteiger charge is -2.15. The largest absolute Gasteiger partial charge is 0.405 e. The molecule has 0 aliphatic rings. The second-order valence-corrected chi connectivity index (χ2v) is 7.42. The molecule has 0 spiro atoms. The van der Waals surface area contributed by atoms with Gasteiger partial charge in [0.05, 0.1) is 16.7 Å². The van der Waals surface area contributed by atoms with Gasteiger partial charge in [0.15, 0.2) is 5.16 Å². The van der Waals surface area contributed by atoms with Crippen LogP contribution in [0, 0.1) is 5.92 Å². The first-order valence-electron chi connectivity index (χ1n) is 7.73. The second kappa shape index (κ2) is 8.30. The lowest BCUT2D eigenvalue weighted by molar-refractivity contribution is -0.136. The van der Waals surface area contributed by atoms with Gasteiger partial charge in [-0.3, -0.25) is 14.2 Å². The topological polar surface area (TPSA) is 64.0 Å². The number of rotatable bonds is 6. The van der Waals surface area contributed by atoms with Gasteiger partial charge < -0.3 is 5.32 Å². The fourth-order valence-electron chi connectivity index (χ4n) is 2.19. The van der Waals surface area contributed by atoms with Gasteiger partial charge in [-0.25, -0.2) is 4.98 Å². The minimum absolute atomic E-state index is 0.129. The summed E-state index contributed by atoms with van der Waals surface area (Å²) in [5, 5.41) is 2.83. The quantitative estimate of drug-likeness (QED) is 0.588. The maximum atomic E-state index is 12.7. The van der Waals surface area contributed by atoms with Crippen molar-refractivity contribution in [3.05, 3.63) is 33.6 Å². The van der Waals surface area contributed by atoms with Crippen molar-refractivity contribution in [2.75, 3.05) is 12.3 Å². The van der Waals surface area contributed by atoms with Gasteiger partial charge in [0.2, 0.25) is 5.91 Å². The van der Waals surface area contributed by atoms with Crippen molar-refractivity contribution < 1.29 is 18.0 Å². The smallest absolute Gasteiger partial charge is 0.346 e. The van der Waals surface area contributed by atoms with Crippen molar-refractivity contribution in [1.82, 2.24) is 14.9 Å². The van der Waals surface area contributed by atoms with Gasteiger partial charge >= 0.3 is 6.18 Å². The molecule has 0 unspecified atom stereocenters. The number of fused-ring (bicyclic) bond motifs is 1. The number of alkyl halides is 3. The number of nitrogens with one attached hydrogen (secondary N) is 1. The summed E-state index contributed by atoms with van der Waals surface area (Å²) in [4.78, 5) is 28.7. The summed E-state index contributed by atoms with van der Waals surface area (Å²) in [7, 11) is 0. The van der Waals surface area contributed by atoms with E-state index in [1.807, 2.05) is 13.8 Å². The summed E-state index contributed by atoms with van der Waals surface area (Å²) in [6.45, 7) is 2.80. The highest BCUT2D eigenvalue weighted by molar-refractivity contribution is 7.99. The number of amides is 1. The number of carbonyl (C=O) groups is 1. The summed E-state index contributed by atoms with van der Waals surface area (Å²) in [5.41, 5.74) is 0.113. The third-order valence-electron chi connectivity index (χ3n) is 3.25. The molecule has 2 aromatic rings. The molecule has 2 rings (SSSR count). The van der Waals surface area contributed by atoms with Crippen LogP contribution in [0.1, 0.15) is 13.8 Å². The van der Waals surface area contributed by atoms with Crippen LogP contribution in [0.15, 0.2) is 28.2 Å². The zero-order valence-corrected chi connectivity index (χ0v) is 15.6. The third kappa shape index (κ3) is 5.63. The molecule has 0 atom stereocenters. The van der Waals surface area contributed by atoms with Crippen LogP contribution in [0.3, 0.4) is 0 Å². The van der Waals surface area contributed by atoms with Crippen LogP contribution in [0.2, 0.25) is 5.02 Å². The Balaban J connectivity index is 2.28. The lowest BCUT2D eigenvalue weighted by atomic mass is 10.2. The van der Waals surface area contributed by atoms with E-state index in [4.69, 9.17) is 11.6 Å². The number of aromatic nitrogens is 2. The first-order chi connectivity index (χ1) is 12.1. The molecule has 10 heteroatoms. The van der Waals surface area contributed by atoms with Crippen molar-refractivity contribution in [3.63, 3.8) is 0 Å². The first kappa shape index (κ1) is 20.6. The molecule has 0 fully saturated rings. The van der Waals surface area contributed by atoms with Crippen molar-refractivity contribution in [2.24, 2.45) is 5.92 Å². The van der Waals surface area contributed by atoms with Crippen LogP contribution >= 0.6 is 23.4 Å². The fourth-order valence-corrected chi connectivity index (χ4v) is 3.20. The first-order valence-corrected chi connectivity index (χ1v) is 9.09. The Bertz CT molecular complexity index is 868. The summed E-state index contributed by atoms with van der Waals surface area (Å²) in [6, 6.07) is 4.70. The molecule has 1 N–H and O–H groups in total. The monoisotopic (exact) mass is 407 g/mol. The van der Waals surface area contributed by atoms with Crippen LogP contribution in [-0.4, -0.2) is 33.9 Å². The van der Waals surface area contributed by atoms with Crippen LogP contribution in [0.4, 0.5) is 13.2 Å². The molecule has 142 valence electrons. The molecule has 1 amide bonds. The highest BCUT2D eigenvalue weighted by atomic mass is 35.5. The van der Waals surface area contributed by atoms with E-state index in [0.29, 0.717) is 22.5 Å². The van der Waals surface area contributed by atoms with Gasteiger partial charge in [-0.1, -0.05) is 37.2 Å². The Hall–Kier alpha value is -1.74. The van der Waals surface area contributed by atoms with Crippen molar-refractivity contribution in [2.45, 2.75) is 31.7 Å². The molecule has 1 aromatic heterocycles. The Kier molecular flexibility index (Phi) is 6.57. The van der Waals surface area contributed by atoms with E-state index >= 15 is 0 Å². The van der Waals surface area contributed by atoms with Gasteiger partial charge in [0, 0.05) is 11.6 Å². The van der Waals surface area contributed by atoms with E-state index in [2.05, 4.69) is 4.98 Å². The number of nitrogens with zero attached hydrogens (tertiary/aromatic N) is 2. The fraction of sp³-hybridized carbons (Fsp3) is 0.438. The normalized spacial score (nSPS) is 12.0. The SMILES string of the molecule is CC(C)Cn1c(SCC(=O)NCC(F)(F)F)nc2ccc(Cl)cc2c1=O. The average Bonchev–Trinajstić information content (AvgIpc) is 2.53. The molecule has 26 heavy (non-hydrogen) atoms. The van der Waals surface area contributed by atoms with Crippen LogP contribution in [0.25, 0.3) is 10.9 Å². The third-order valence-corrected chi connectivity index (χ3v) is 4.46. The molecule has 0 aliphatic carbocycles. The maximum Gasteiger partial charge on any atom is 0.405 e. The van der Waals surface area contributed by atoms with Gasteiger partial charge in [-0.15, -0.1) is 0 Å². The highest BCUT2D eigenvalue weighted by Gasteiger charge is 2.27. The van der Waals surface area contributed by atoms with E-state index in [0.717, 1.165) is 11.8 Å². The van der Waals surface area contributed by atoms with E-state index in [1.165, 1.54) is 10.6 Å². The summed E-state index contributed by atoms with van der Waals surface area (Å²) >= 11 is 6.86. The Morgan fingerprint density at radius 3 is 2.69 bits per heavy atom. The maximum absolute atomic E-state index is 12.7. The average molecular weight is 408 g/mol. The van der Waals surface area contributed by atoms with Crippen LogP contribution < -0.4 is 10.9 Å². The molecular weight excluding hydrogens is 391 g/mol. The Morgan fingerprint density at radius 2 is 2.08 bits per heavy atom. The van der Waals surface area contributed by atoms with Gasteiger partial charge in [-0.2, -0.15) is 13.2 Å². The molecule has 0 bridgehead atoms. The predicted molar refractivity (Wildman–Crippen MR) is 95.6 cm³/mol. The number of halogens is 4. The molecule has 0 aliphatic heterocycles. The van der Waals surface area contributed by atoms with E-state index < -0.39 is 18.6 Å². The number of carbonyl (C=O) groups excluding carboxylic acids is 1. The zero-order valence-electron chi connectivity index (χ0n) is 14.1. The van der Waals surface area contributed by atoms with E-state index in [-0.39, 0.29) is 22.4 Å². The summed E-state index contributed by atoms with van der Waals surface area (Å²) < 4.78 is 37.9. The minimum atomic E-state index is -4.47. The molecule has 0 saturated carbocycles. The summed E-state index contributed by atoms with van der Waals surface area (Å²) in [6.07, 6.45) is -4.47. The lowest BCUT2D eigenvalue weighted by Crippen LogP contribution is -2.35. The molecule has 1 heterocycles. The van der Waals surface area contributed by atoms with E-state index in [9.17, 15) is 22.8 Å². The number of hydrogen-bond acceptors (Lipinski definition) is 4. The van der Waals surface area contributed by atoms with Crippen LogP contribution in [0.5, 0.6) is 0 Å². The van der Waals surface area contributed by atoms with Gasteiger partial charge in [-0.05, 0) is 24.1 Å². The van der Waals surface area contributed by atoms with Gasteiger partial charge in [0.1, 0.15) is 6.54 Å². The number of benzene rings is 1. The highest BCUT2D eigenvalue weighted by Crippen LogP contribution is 2.21. The Labute approximate surface area is 156 Å². The Morgan fingerprint density at radius 1 is 1.38 bits per heavy atom. The molecule has 5 nitrogen and oxygen atoms in total. The summed E-state index contributed by atoms with van der Waals surface area (Å²) in [5.74, 6) is -0.932. The second-order valence-electron chi connectivity index (χ2n) is 6.05. The molecule has 1 aromatic carbocycles. The van der Waals surface area contributed by atoms with Gasteiger partial charge in [0.25, 0.3) is 5.56 Å². The molecular formula is C16H17ClF3N3O2S. The molecule has 0 saturated heterocycles. The number of thioether (sulfide) groups is 1. The van der Waals surface area contributed by atoms with Crippen LogP contribution in [-0.2, 0) is 11.3 Å². The molecule has 0 radical (unpaired) electrons. The van der Waals surface area contributed by atoms with Crippen molar-refractivity contribution in [3.8, 4) is 0 Å². The number of hydrogen-bond donors (Lipinski definition) is 1. The van der Waals surface area contributed by atoms with E-state index in [1.54, 1.807) is 17.4 Å².